The molecule has 1 aliphatic carbocycles. The molecule has 1 fully saturated rings. The molecule has 1 saturated carbocycles. The molecule has 0 bridgehead atoms. The quantitative estimate of drug-likeness (QED) is 0.832. The third kappa shape index (κ3) is 2.40. The van der Waals surface area contributed by atoms with Crippen molar-refractivity contribution in [2.45, 2.75) is 31.6 Å². The van der Waals surface area contributed by atoms with Crippen molar-refractivity contribution >= 4 is 22.2 Å². The van der Waals surface area contributed by atoms with Crippen molar-refractivity contribution in [3.8, 4) is 0 Å². The van der Waals surface area contributed by atoms with Crippen molar-refractivity contribution in [3.63, 3.8) is 0 Å². The first kappa shape index (κ1) is 10.7. The van der Waals surface area contributed by atoms with Crippen LogP contribution >= 0.6 is 16.3 Å². The normalized spacial score (nSPS) is 26.2. The van der Waals surface area contributed by atoms with E-state index in [-0.39, 0.29) is 11.9 Å². The Hall–Kier alpha value is -0.840. The van der Waals surface area contributed by atoms with Crippen LogP contribution in [0.5, 0.6) is 0 Å². The highest BCUT2D eigenvalue weighted by Crippen LogP contribution is 2.35. The molecular weight excluding hydrogens is 262 g/mol. The van der Waals surface area contributed by atoms with Crippen LogP contribution in [0.4, 0.5) is 0 Å². The van der Waals surface area contributed by atoms with Gasteiger partial charge < -0.3 is 8.35 Å². The lowest BCUT2D eigenvalue weighted by Gasteiger charge is -2.24. The number of rotatable bonds is 2. The van der Waals surface area contributed by atoms with Gasteiger partial charge in [-0.1, -0.05) is 5.16 Å². The van der Waals surface area contributed by atoms with Crippen LogP contribution in [0.25, 0.3) is 0 Å². The first-order chi connectivity index (χ1) is 7.31. The molecule has 1 heterocycles. The van der Waals surface area contributed by atoms with Gasteiger partial charge in [0.25, 0.3) is 0 Å². The topological polar surface area (TPSA) is 52.3 Å². The molecule has 2 rings (SSSR count). The Morgan fingerprint density at radius 2 is 2.20 bits per heavy atom. The SMILES string of the molecule is O=C(OBr)C1CCC(c2ccon2)CC1. The van der Waals surface area contributed by atoms with Crippen molar-refractivity contribution in [2.24, 2.45) is 5.92 Å². The summed E-state index contributed by atoms with van der Waals surface area (Å²) in [7, 11) is 0. The molecule has 5 heteroatoms. The highest BCUT2D eigenvalue weighted by molar-refractivity contribution is 9.06. The van der Waals surface area contributed by atoms with Gasteiger partial charge in [-0.25, -0.2) is 0 Å². The summed E-state index contributed by atoms with van der Waals surface area (Å²) in [4.78, 5) is 11.3. The second-order valence-electron chi connectivity index (χ2n) is 3.87. The first-order valence-electron chi connectivity index (χ1n) is 5.04. The molecule has 0 radical (unpaired) electrons. The molecule has 0 unspecified atom stereocenters. The fraction of sp³-hybridized carbons (Fsp3) is 0.600. The molecule has 0 saturated heterocycles. The Morgan fingerprint density at radius 1 is 1.47 bits per heavy atom. The Kier molecular flexibility index (Phi) is 3.41. The third-order valence-corrected chi connectivity index (χ3v) is 3.33. The maximum Gasteiger partial charge on any atom is 0.320 e. The minimum atomic E-state index is -0.159. The minimum absolute atomic E-state index is 0.0347. The fourth-order valence-electron chi connectivity index (χ4n) is 2.12. The molecule has 1 aliphatic rings. The van der Waals surface area contributed by atoms with Crippen LogP contribution < -0.4 is 0 Å². The molecule has 0 aliphatic heterocycles. The summed E-state index contributed by atoms with van der Waals surface area (Å²) in [6.07, 6.45) is 5.26. The lowest BCUT2D eigenvalue weighted by molar-refractivity contribution is -0.137. The monoisotopic (exact) mass is 273 g/mol. The van der Waals surface area contributed by atoms with Crippen LogP contribution in [-0.2, 0) is 8.62 Å². The number of hydrogen-bond acceptors (Lipinski definition) is 4. The van der Waals surface area contributed by atoms with Gasteiger partial charge in [0.2, 0.25) is 0 Å². The van der Waals surface area contributed by atoms with E-state index in [9.17, 15) is 4.79 Å². The average molecular weight is 274 g/mol. The standard InChI is InChI=1S/C10H12BrNO3/c11-15-10(13)8-3-1-7(2-4-8)9-5-6-14-12-9/h5-8H,1-4H2. The predicted molar refractivity (Wildman–Crippen MR) is 56.2 cm³/mol. The fourth-order valence-corrected chi connectivity index (χ4v) is 2.38. The molecule has 0 spiro atoms. The van der Waals surface area contributed by atoms with Gasteiger partial charge >= 0.3 is 5.97 Å². The smallest absolute Gasteiger partial charge is 0.320 e. The van der Waals surface area contributed by atoms with Crippen molar-refractivity contribution < 1.29 is 13.1 Å². The van der Waals surface area contributed by atoms with Crippen LogP contribution in [0.3, 0.4) is 0 Å². The number of halogens is 1. The number of carbonyl (C=O) groups is 1. The summed E-state index contributed by atoms with van der Waals surface area (Å²) in [5.74, 6) is 0.309. The van der Waals surface area contributed by atoms with Gasteiger partial charge in [0, 0.05) is 12.0 Å². The second-order valence-corrected chi connectivity index (χ2v) is 4.19. The maximum absolute atomic E-state index is 11.3. The molecule has 15 heavy (non-hydrogen) atoms. The first-order valence-corrected chi connectivity index (χ1v) is 5.68. The van der Waals surface area contributed by atoms with E-state index in [0.29, 0.717) is 5.92 Å². The van der Waals surface area contributed by atoms with Crippen LogP contribution in [0, 0.1) is 5.92 Å². The maximum atomic E-state index is 11.3. The van der Waals surface area contributed by atoms with E-state index in [4.69, 9.17) is 4.52 Å². The molecule has 0 atom stereocenters. The largest absolute Gasteiger partial charge is 0.383 e. The Labute approximate surface area is 96.4 Å². The van der Waals surface area contributed by atoms with E-state index in [1.165, 1.54) is 0 Å². The molecule has 1 aromatic rings. The van der Waals surface area contributed by atoms with Gasteiger partial charge in [-0.05, 0) is 25.7 Å². The molecule has 0 amide bonds. The predicted octanol–water partition coefficient (Wildman–Crippen LogP) is 2.80. The van der Waals surface area contributed by atoms with E-state index in [1.54, 1.807) is 6.26 Å². The minimum Gasteiger partial charge on any atom is -0.383 e. The number of nitrogens with zero attached hydrogens (tertiary/aromatic N) is 1. The summed E-state index contributed by atoms with van der Waals surface area (Å²) in [5.41, 5.74) is 1.00. The number of carbonyl (C=O) groups excluding carboxylic acids is 1. The summed E-state index contributed by atoms with van der Waals surface area (Å²) in [6, 6.07) is 1.90. The lowest BCUT2D eigenvalue weighted by atomic mass is 9.81. The van der Waals surface area contributed by atoms with E-state index >= 15 is 0 Å². The van der Waals surface area contributed by atoms with Gasteiger partial charge in [-0.15, -0.1) is 0 Å². The number of hydrogen-bond donors (Lipinski definition) is 0. The number of aromatic nitrogens is 1. The van der Waals surface area contributed by atoms with E-state index < -0.39 is 0 Å². The van der Waals surface area contributed by atoms with Crippen LogP contribution in [-0.4, -0.2) is 11.1 Å². The van der Waals surface area contributed by atoms with Gasteiger partial charge in [-0.3, -0.25) is 4.79 Å². The summed E-state index contributed by atoms with van der Waals surface area (Å²) >= 11 is 2.73. The van der Waals surface area contributed by atoms with Crippen LogP contribution in [0.2, 0.25) is 0 Å². The van der Waals surface area contributed by atoms with Crippen LogP contribution in [0.1, 0.15) is 37.3 Å². The van der Waals surface area contributed by atoms with Gasteiger partial charge in [0.05, 0.1) is 11.6 Å². The molecular formula is C10H12BrNO3. The van der Waals surface area contributed by atoms with E-state index in [1.807, 2.05) is 6.07 Å². The lowest BCUT2D eigenvalue weighted by Crippen LogP contribution is -2.21. The zero-order chi connectivity index (χ0) is 10.7. The molecule has 1 aromatic heterocycles. The molecule has 0 aromatic carbocycles. The highest BCUT2D eigenvalue weighted by atomic mass is 79.9. The summed E-state index contributed by atoms with van der Waals surface area (Å²) < 4.78 is 9.37. The van der Waals surface area contributed by atoms with Crippen molar-refractivity contribution in [1.82, 2.24) is 5.16 Å². The van der Waals surface area contributed by atoms with E-state index in [2.05, 4.69) is 25.2 Å². The van der Waals surface area contributed by atoms with Gasteiger partial charge in [0.15, 0.2) is 16.3 Å². The molecule has 0 N–H and O–H groups in total. The van der Waals surface area contributed by atoms with Crippen molar-refractivity contribution in [2.75, 3.05) is 0 Å². The van der Waals surface area contributed by atoms with Gasteiger partial charge in [-0.2, -0.15) is 0 Å². The Balaban J connectivity index is 1.90. The Morgan fingerprint density at radius 3 is 2.73 bits per heavy atom. The average Bonchev–Trinajstić information content (AvgIpc) is 2.82. The molecule has 4 nitrogen and oxygen atoms in total. The van der Waals surface area contributed by atoms with Crippen LogP contribution in [0.15, 0.2) is 16.9 Å². The van der Waals surface area contributed by atoms with Crippen molar-refractivity contribution in [1.29, 1.82) is 0 Å². The second kappa shape index (κ2) is 4.79. The highest BCUT2D eigenvalue weighted by Gasteiger charge is 2.28. The van der Waals surface area contributed by atoms with Gasteiger partial charge in [0.1, 0.15) is 6.26 Å². The van der Waals surface area contributed by atoms with E-state index in [0.717, 1.165) is 31.4 Å². The third-order valence-electron chi connectivity index (χ3n) is 3.01. The zero-order valence-corrected chi connectivity index (χ0v) is 9.77. The zero-order valence-electron chi connectivity index (χ0n) is 8.19. The van der Waals surface area contributed by atoms with Crippen molar-refractivity contribution in [3.05, 3.63) is 18.0 Å². The Bertz CT molecular complexity index is 317. The summed E-state index contributed by atoms with van der Waals surface area (Å²) in [5, 5.41) is 3.93. The molecule has 82 valence electrons. The summed E-state index contributed by atoms with van der Waals surface area (Å²) in [6.45, 7) is 0.